The number of rotatable bonds is 11. The zero-order valence-electron chi connectivity index (χ0n) is 35.4. The van der Waals surface area contributed by atoms with E-state index in [9.17, 15) is 8.42 Å². The molecule has 0 bridgehead atoms. The number of nitrogens with zero attached hydrogens (tertiary/aromatic N) is 6. The lowest BCUT2D eigenvalue weighted by atomic mass is 9.66. The van der Waals surface area contributed by atoms with E-state index in [4.69, 9.17) is 9.47 Å². The lowest BCUT2D eigenvalue weighted by Crippen LogP contribution is -2.54. The van der Waals surface area contributed by atoms with Crippen molar-refractivity contribution in [1.29, 1.82) is 0 Å². The third-order valence-corrected chi connectivity index (χ3v) is 17.3. The number of aliphatic imine (C=N–C) groups is 1. The Morgan fingerprint density at radius 2 is 1.72 bits per heavy atom. The van der Waals surface area contributed by atoms with Crippen LogP contribution in [0.2, 0.25) is 0 Å². The van der Waals surface area contributed by atoms with Crippen LogP contribution in [0.3, 0.4) is 0 Å². The first-order chi connectivity index (χ1) is 29.7. The number of ether oxygens (including phenoxy) is 2. The summed E-state index contributed by atoms with van der Waals surface area (Å²) in [5.41, 5.74) is 12.8. The maximum atomic E-state index is 14.0. The van der Waals surface area contributed by atoms with E-state index in [1.165, 1.54) is 39.8 Å². The van der Waals surface area contributed by atoms with E-state index >= 15 is 0 Å². The maximum Gasteiger partial charge on any atom is 0.278 e. The van der Waals surface area contributed by atoms with Crippen LogP contribution in [0.4, 0.5) is 17.3 Å². The van der Waals surface area contributed by atoms with Gasteiger partial charge in [-0.3, -0.25) is 4.99 Å². The van der Waals surface area contributed by atoms with Crippen LogP contribution < -0.4 is 15.4 Å². The van der Waals surface area contributed by atoms with Gasteiger partial charge in [-0.15, -0.1) is 5.10 Å². The highest BCUT2D eigenvalue weighted by Crippen LogP contribution is 2.49. The van der Waals surface area contributed by atoms with Crippen molar-refractivity contribution in [3.8, 4) is 17.0 Å². The van der Waals surface area contributed by atoms with Crippen LogP contribution in [0, 0.1) is 17.3 Å². The SMILES string of the molecule is CN=C(CI)Nc1c(-c2ccnc(OCC3CCC(C4COCC45CCN(S(=O)(=O)c4nc(Nc6c7c(cc8c6CCC8)CCC7)n[nH]4)CC5)N(C)C3)c2)ccc2c1CCC2. The van der Waals surface area contributed by atoms with E-state index in [1.807, 2.05) is 13.2 Å². The van der Waals surface area contributed by atoms with E-state index < -0.39 is 10.0 Å². The molecule has 0 amide bonds. The van der Waals surface area contributed by atoms with Gasteiger partial charge >= 0.3 is 0 Å². The summed E-state index contributed by atoms with van der Waals surface area (Å²) in [5.74, 6) is 2.67. The van der Waals surface area contributed by atoms with Crippen molar-refractivity contribution in [3.63, 3.8) is 0 Å². The molecule has 2 aromatic carbocycles. The van der Waals surface area contributed by atoms with Crippen molar-refractivity contribution in [2.24, 2.45) is 22.2 Å². The molecule has 4 aromatic rings. The van der Waals surface area contributed by atoms with E-state index in [2.05, 4.69) is 101 Å². The molecule has 3 atom stereocenters. The number of hydrogen-bond donors (Lipinski definition) is 3. The molecule has 2 aromatic heterocycles. The van der Waals surface area contributed by atoms with Crippen LogP contribution in [0.25, 0.3) is 11.1 Å². The third-order valence-electron chi connectivity index (χ3n) is 14.9. The lowest BCUT2D eigenvalue weighted by Gasteiger charge is -2.48. The first-order valence-electron chi connectivity index (χ1n) is 22.4. The Labute approximate surface area is 373 Å². The largest absolute Gasteiger partial charge is 0.477 e. The fourth-order valence-electron chi connectivity index (χ4n) is 11.6. The van der Waals surface area contributed by atoms with Gasteiger partial charge in [0, 0.05) is 73.5 Å². The molecule has 13 nitrogen and oxygen atoms in total. The fraction of sp³-hybridized carbons (Fsp3) is 0.565. The lowest BCUT2D eigenvalue weighted by molar-refractivity contribution is 0.0156. The number of pyridine rings is 1. The zero-order chi connectivity index (χ0) is 41.7. The highest BCUT2D eigenvalue weighted by atomic mass is 127. The molecule has 3 aliphatic heterocycles. The fourth-order valence-corrected chi connectivity index (χ4v) is 13.4. The smallest absolute Gasteiger partial charge is 0.278 e. The molecule has 3 unspecified atom stereocenters. The minimum absolute atomic E-state index is 0.0490. The average Bonchev–Trinajstić information content (AvgIpc) is 4.14. The number of amidine groups is 1. The molecule has 10 rings (SSSR count). The minimum atomic E-state index is -3.84. The first-order valence-corrected chi connectivity index (χ1v) is 25.4. The molecule has 3 aliphatic carbocycles. The van der Waals surface area contributed by atoms with Gasteiger partial charge in [-0.05, 0) is 136 Å². The van der Waals surface area contributed by atoms with Crippen LogP contribution in [-0.2, 0) is 53.3 Å². The van der Waals surface area contributed by atoms with Crippen molar-refractivity contribution in [1.82, 2.24) is 29.4 Å². The number of alkyl halides is 1. The number of H-pyrrole nitrogens is 1. The molecule has 15 heteroatoms. The zero-order valence-corrected chi connectivity index (χ0v) is 38.4. The number of sulfonamides is 1. The second-order valence-corrected chi connectivity index (χ2v) is 20.9. The Hall–Kier alpha value is -3.64. The van der Waals surface area contributed by atoms with Gasteiger partial charge in [-0.1, -0.05) is 40.8 Å². The topological polar surface area (TPSA) is 150 Å². The number of aromatic nitrogens is 4. The van der Waals surface area contributed by atoms with Gasteiger partial charge in [-0.2, -0.15) is 9.29 Å². The summed E-state index contributed by atoms with van der Waals surface area (Å²) in [5, 5.41) is 14.2. The minimum Gasteiger partial charge on any atom is -0.477 e. The van der Waals surface area contributed by atoms with Crippen LogP contribution in [0.5, 0.6) is 5.88 Å². The maximum absolute atomic E-state index is 14.0. The molecule has 61 heavy (non-hydrogen) atoms. The third kappa shape index (κ3) is 7.88. The van der Waals surface area contributed by atoms with Crippen molar-refractivity contribution in [2.45, 2.75) is 94.7 Å². The van der Waals surface area contributed by atoms with Gasteiger partial charge in [0.1, 0.15) is 5.84 Å². The van der Waals surface area contributed by atoms with Gasteiger partial charge in [0.15, 0.2) is 0 Å². The van der Waals surface area contributed by atoms with Crippen molar-refractivity contribution >= 4 is 55.8 Å². The molecule has 0 saturated carbocycles. The summed E-state index contributed by atoms with van der Waals surface area (Å²) < 4.78 is 43.1. The van der Waals surface area contributed by atoms with E-state index in [0.29, 0.717) is 62.6 Å². The summed E-state index contributed by atoms with van der Waals surface area (Å²) in [7, 11) is 0.246. The van der Waals surface area contributed by atoms with E-state index in [0.717, 1.165) is 116 Å². The molecule has 0 radical (unpaired) electrons. The Balaban J connectivity index is 0.755. The summed E-state index contributed by atoms with van der Waals surface area (Å²) in [6, 6.07) is 11.4. The highest BCUT2D eigenvalue weighted by molar-refractivity contribution is 14.1. The Kier molecular flexibility index (Phi) is 11.6. The predicted octanol–water partition coefficient (Wildman–Crippen LogP) is 7.16. The van der Waals surface area contributed by atoms with Crippen molar-refractivity contribution in [2.75, 3.05) is 68.6 Å². The molecular formula is C46H58IN9O4S. The van der Waals surface area contributed by atoms with Crippen LogP contribution in [-0.4, -0.2) is 108 Å². The number of halogens is 1. The van der Waals surface area contributed by atoms with Gasteiger partial charge in [0.05, 0.1) is 29.9 Å². The summed E-state index contributed by atoms with van der Waals surface area (Å²) >= 11 is 2.36. The number of aromatic amines is 1. The van der Waals surface area contributed by atoms with Gasteiger partial charge < -0.3 is 25.0 Å². The van der Waals surface area contributed by atoms with Gasteiger partial charge in [0.2, 0.25) is 11.8 Å². The second kappa shape index (κ2) is 17.1. The average molecular weight is 960 g/mol. The molecular weight excluding hydrogens is 902 g/mol. The number of hydrogen-bond acceptors (Lipinski definition) is 10. The Morgan fingerprint density at radius 1 is 0.984 bits per heavy atom. The van der Waals surface area contributed by atoms with Gasteiger partial charge in [0.25, 0.3) is 15.2 Å². The highest BCUT2D eigenvalue weighted by Gasteiger charge is 2.52. The quantitative estimate of drug-likeness (QED) is 0.0612. The number of benzene rings is 2. The predicted molar refractivity (Wildman–Crippen MR) is 247 cm³/mol. The summed E-state index contributed by atoms with van der Waals surface area (Å²) in [6.07, 6.45) is 15.4. The number of piperidine rings is 2. The van der Waals surface area contributed by atoms with Crippen molar-refractivity contribution < 1.29 is 17.9 Å². The Morgan fingerprint density at radius 3 is 2.44 bits per heavy atom. The number of fused-ring (bicyclic) bond motifs is 3. The monoisotopic (exact) mass is 959 g/mol. The van der Waals surface area contributed by atoms with E-state index in [-0.39, 0.29) is 10.6 Å². The van der Waals surface area contributed by atoms with E-state index in [1.54, 1.807) is 4.31 Å². The Bertz CT molecular complexity index is 2400. The molecule has 1 spiro atoms. The molecule has 3 fully saturated rings. The summed E-state index contributed by atoms with van der Waals surface area (Å²) in [6.45, 7) is 3.82. The number of anilines is 3. The molecule has 3 N–H and O–H groups in total. The normalized spacial score (nSPS) is 23.9. The first kappa shape index (κ1) is 41.4. The molecule has 5 heterocycles. The van der Waals surface area contributed by atoms with Crippen molar-refractivity contribution in [3.05, 3.63) is 69.9 Å². The van der Waals surface area contributed by atoms with Crippen LogP contribution in [0.15, 0.2) is 46.7 Å². The molecule has 324 valence electrons. The number of nitrogens with one attached hydrogen (secondary N) is 3. The van der Waals surface area contributed by atoms with Crippen LogP contribution >= 0.6 is 22.6 Å². The number of likely N-dealkylation sites (tertiary alicyclic amines) is 1. The number of aryl methyl sites for hydroxylation is 3. The van der Waals surface area contributed by atoms with Crippen LogP contribution in [0.1, 0.15) is 78.3 Å². The molecule has 3 saturated heterocycles. The molecule has 6 aliphatic rings. The second-order valence-electron chi connectivity index (χ2n) is 18.3. The summed E-state index contributed by atoms with van der Waals surface area (Å²) in [4.78, 5) is 16.1. The standard InChI is InChI=1S/C46H58IN9O4S/c1-48-40(24-47)50-42-34-9-3-6-30(34)13-14-37(42)33-16-19-49-41(23-33)60-26-29-12-15-39(55(2)25-29)38-27-59-28-46(38)17-20-56(21-18-46)61(57,58)45-52-44(53-54-45)51-43-35-10-4-7-31(35)22-32-8-5-11-36(32)43/h13-14,16,19,22-23,29,38-39H,3-12,15,17-18,20-21,24-28H2,1-2H3,(H,48,50)(H2,51,52,53,54). The van der Waals surface area contributed by atoms with Gasteiger partial charge in [-0.25, -0.2) is 18.5 Å².